The molecule has 0 radical (unpaired) electrons. The highest BCUT2D eigenvalue weighted by atomic mass is 16.5. The van der Waals surface area contributed by atoms with Gasteiger partial charge in [-0.25, -0.2) is 9.78 Å². The van der Waals surface area contributed by atoms with Crippen LogP contribution in [-0.2, 0) is 0 Å². The van der Waals surface area contributed by atoms with Crippen molar-refractivity contribution in [2.75, 3.05) is 20.3 Å². The van der Waals surface area contributed by atoms with Crippen molar-refractivity contribution in [1.29, 1.82) is 5.26 Å². The van der Waals surface area contributed by atoms with Crippen molar-refractivity contribution in [2.24, 2.45) is 0 Å². The molecule has 0 amide bonds. The Kier molecular flexibility index (Phi) is 5.90. The fraction of sp³-hybridized carbons (Fsp3) is 0.125. The molecule has 0 aliphatic carbocycles. The average Bonchev–Trinajstić information content (AvgIpc) is 3.26. The minimum atomic E-state index is -0.960. The molecule has 4 rings (SSSR count). The molecule has 0 aliphatic rings. The molecule has 0 aliphatic heterocycles. The number of pyridine rings is 1. The van der Waals surface area contributed by atoms with Gasteiger partial charge in [-0.1, -0.05) is 12.1 Å². The molecule has 8 heteroatoms. The highest BCUT2D eigenvalue weighted by Gasteiger charge is 2.14. The summed E-state index contributed by atoms with van der Waals surface area (Å²) in [5, 5.41) is 21.2. The zero-order valence-corrected chi connectivity index (χ0v) is 17.3. The second-order valence-electron chi connectivity index (χ2n) is 6.94. The van der Waals surface area contributed by atoms with Crippen LogP contribution in [0.2, 0.25) is 0 Å². The molecule has 0 bridgehead atoms. The number of methoxy groups -OCH3 is 1. The first-order valence-electron chi connectivity index (χ1n) is 9.85. The number of hydrogen-bond acceptors (Lipinski definition) is 6. The maximum atomic E-state index is 11.2. The third-order valence-corrected chi connectivity index (χ3v) is 5.01. The van der Waals surface area contributed by atoms with Crippen molar-refractivity contribution in [3.8, 4) is 40.1 Å². The number of benzene rings is 2. The van der Waals surface area contributed by atoms with Gasteiger partial charge in [-0.05, 0) is 53.6 Å². The number of carboxylic acids is 1. The van der Waals surface area contributed by atoms with Crippen LogP contribution in [0.15, 0.2) is 60.8 Å². The molecule has 0 saturated heterocycles. The number of aromatic carboxylic acids is 1. The van der Waals surface area contributed by atoms with Crippen molar-refractivity contribution in [3.05, 3.63) is 66.4 Å². The van der Waals surface area contributed by atoms with Gasteiger partial charge < -0.3 is 24.9 Å². The number of nitrogens with one attached hydrogen (secondary N) is 2. The molecular formula is C24H20N4O4. The van der Waals surface area contributed by atoms with Gasteiger partial charge in [0.1, 0.15) is 23.8 Å². The maximum Gasteiger partial charge on any atom is 0.335 e. The number of nitrogens with zero attached hydrogens (tertiary/aromatic N) is 2. The van der Waals surface area contributed by atoms with Crippen LogP contribution in [0.25, 0.3) is 33.4 Å². The van der Waals surface area contributed by atoms with Gasteiger partial charge in [0.15, 0.2) is 6.19 Å². The van der Waals surface area contributed by atoms with E-state index < -0.39 is 5.97 Å². The molecule has 4 aromatic rings. The lowest BCUT2D eigenvalue weighted by molar-refractivity contribution is 0.0697. The SMILES string of the molecule is COc1ccc(OCCNC#N)cc1-c1cc2c(-c3ccc(C(=O)O)cc3)ccnc2[nH]1. The van der Waals surface area contributed by atoms with E-state index in [0.717, 1.165) is 27.8 Å². The van der Waals surface area contributed by atoms with Crippen LogP contribution >= 0.6 is 0 Å². The zero-order chi connectivity index (χ0) is 22.5. The number of hydrogen-bond donors (Lipinski definition) is 3. The minimum Gasteiger partial charge on any atom is -0.496 e. The zero-order valence-electron chi connectivity index (χ0n) is 17.3. The predicted molar refractivity (Wildman–Crippen MR) is 120 cm³/mol. The predicted octanol–water partition coefficient (Wildman–Crippen LogP) is 4.05. The second-order valence-corrected chi connectivity index (χ2v) is 6.94. The van der Waals surface area contributed by atoms with Crippen LogP contribution in [0.5, 0.6) is 11.5 Å². The van der Waals surface area contributed by atoms with E-state index in [2.05, 4.69) is 15.3 Å². The Labute approximate surface area is 184 Å². The number of carbonyl (C=O) groups is 1. The van der Waals surface area contributed by atoms with Gasteiger partial charge in [0.25, 0.3) is 0 Å². The summed E-state index contributed by atoms with van der Waals surface area (Å²) < 4.78 is 11.3. The van der Waals surface area contributed by atoms with E-state index in [4.69, 9.17) is 19.8 Å². The summed E-state index contributed by atoms with van der Waals surface area (Å²) in [6.45, 7) is 0.766. The first-order valence-corrected chi connectivity index (χ1v) is 9.85. The lowest BCUT2D eigenvalue weighted by atomic mass is 10.0. The number of nitriles is 1. The summed E-state index contributed by atoms with van der Waals surface area (Å²) in [5.41, 5.74) is 4.38. The molecule has 0 spiro atoms. The molecular weight excluding hydrogens is 408 g/mol. The molecule has 3 N–H and O–H groups in total. The van der Waals surface area contributed by atoms with E-state index in [1.165, 1.54) is 0 Å². The first kappa shape index (κ1) is 20.8. The highest BCUT2D eigenvalue weighted by molar-refractivity contribution is 5.97. The van der Waals surface area contributed by atoms with E-state index in [1.807, 2.05) is 36.5 Å². The van der Waals surface area contributed by atoms with E-state index in [9.17, 15) is 4.79 Å². The topological polar surface area (TPSA) is 120 Å². The average molecular weight is 428 g/mol. The summed E-state index contributed by atoms with van der Waals surface area (Å²) in [6.07, 6.45) is 3.57. The number of carboxylic acid groups (broad SMARTS) is 1. The van der Waals surface area contributed by atoms with Gasteiger partial charge in [-0.2, -0.15) is 5.26 Å². The Hall–Kier alpha value is -4.51. The van der Waals surface area contributed by atoms with E-state index in [-0.39, 0.29) is 5.56 Å². The van der Waals surface area contributed by atoms with Gasteiger partial charge in [0.2, 0.25) is 0 Å². The van der Waals surface area contributed by atoms with Crippen LogP contribution in [0.3, 0.4) is 0 Å². The molecule has 8 nitrogen and oxygen atoms in total. The molecule has 2 heterocycles. The third kappa shape index (κ3) is 4.18. The highest BCUT2D eigenvalue weighted by Crippen LogP contribution is 2.36. The van der Waals surface area contributed by atoms with Crippen molar-refractivity contribution in [1.82, 2.24) is 15.3 Å². The number of aromatic amines is 1. The number of rotatable bonds is 8. The molecule has 0 unspecified atom stereocenters. The first-order chi connectivity index (χ1) is 15.6. The smallest absolute Gasteiger partial charge is 0.335 e. The fourth-order valence-corrected chi connectivity index (χ4v) is 3.48. The Bertz CT molecular complexity index is 1310. The molecule has 0 atom stereocenters. The van der Waals surface area contributed by atoms with Crippen LogP contribution in [0, 0.1) is 11.5 Å². The Balaban J connectivity index is 1.72. The summed E-state index contributed by atoms with van der Waals surface area (Å²) in [6, 6.07) is 16.1. The molecule has 0 fully saturated rings. The van der Waals surface area contributed by atoms with E-state index in [1.54, 1.807) is 37.6 Å². The van der Waals surface area contributed by atoms with Crippen LogP contribution in [0.4, 0.5) is 0 Å². The van der Waals surface area contributed by atoms with Crippen LogP contribution in [-0.4, -0.2) is 41.3 Å². The molecule has 0 saturated carbocycles. The van der Waals surface area contributed by atoms with Crippen LogP contribution in [0.1, 0.15) is 10.4 Å². The van der Waals surface area contributed by atoms with Crippen molar-refractivity contribution >= 4 is 17.0 Å². The normalized spacial score (nSPS) is 10.5. The van der Waals surface area contributed by atoms with Gasteiger partial charge in [-0.3, -0.25) is 0 Å². The summed E-state index contributed by atoms with van der Waals surface area (Å²) in [7, 11) is 1.60. The lowest BCUT2D eigenvalue weighted by Crippen LogP contribution is -2.15. The Morgan fingerprint density at radius 1 is 1.16 bits per heavy atom. The van der Waals surface area contributed by atoms with Crippen molar-refractivity contribution < 1.29 is 19.4 Å². The van der Waals surface area contributed by atoms with Crippen molar-refractivity contribution in [3.63, 3.8) is 0 Å². The number of ether oxygens (including phenoxy) is 2. The second kappa shape index (κ2) is 9.10. The molecule has 2 aromatic heterocycles. The molecule has 2 aromatic carbocycles. The summed E-state index contributed by atoms with van der Waals surface area (Å²) >= 11 is 0. The van der Waals surface area contributed by atoms with Gasteiger partial charge in [0.05, 0.1) is 24.9 Å². The fourth-order valence-electron chi connectivity index (χ4n) is 3.48. The van der Waals surface area contributed by atoms with Crippen molar-refractivity contribution in [2.45, 2.75) is 0 Å². The summed E-state index contributed by atoms with van der Waals surface area (Å²) in [4.78, 5) is 18.9. The Morgan fingerprint density at radius 3 is 2.69 bits per heavy atom. The monoisotopic (exact) mass is 428 g/mol. The molecule has 160 valence electrons. The van der Waals surface area contributed by atoms with Gasteiger partial charge >= 0.3 is 5.97 Å². The van der Waals surface area contributed by atoms with Gasteiger partial charge in [-0.15, -0.1) is 0 Å². The number of aromatic nitrogens is 2. The molecule has 32 heavy (non-hydrogen) atoms. The Morgan fingerprint density at radius 2 is 1.97 bits per heavy atom. The number of fused-ring (bicyclic) bond motifs is 1. The third-order valence-electron chi connectivity index (χ3n) is 5.01. The number of H-pyrrole nitrogens is 1. The summed E-state index contributed by atoms with van der Waals surface area (Å²) in [5.74, 6) is 0.362. The maximum absolute atomic E-state index is 11.2. The van der Waals surface area contributed by atoms with Crippen LogP contribution < -0.4 is 14.8 Å². The van der Waals surface area contributed by atoms with E-state index >= 15 is 0 Å². The minimum absolute atomic E-state index is 0.236. The van der Waals surface area contributed by atoms with Gasteiger partial charge in [0, 0.05) is 17.1 Å². The quantitative estimate of drug-likeness (QED) is 0.220. The lowest BCUT2D eigenvalue weighted by Gasteiger charge is -2.11. The largest absolute Gasteiger partial charge is 0.496 e. The van der Waals surface area contributed by atoms with E-state index in [0.29, 0.717) is 30.3 Å². The standard InChI is InChI=1S/C24H20N4O4/c1-31-22-7-6-17(32-11-10-26-14-25)12-20(22)21-13-19-18(8-9-27-23(19)28-21)15-2-4-16(5-3-15)24(29)30/h2-9,12-13,26H,10-11H2,1H3,(H,27,28)(H,29,30).